The van der Waals surface area contributed by atoms with Crippen LogP contribution in [0, 0.1) is 20.2 Å². The highest BCUT2D eigenvalue weighted by Crippen LogP contribution is 2.28. The Hall–Kier alpha value is -3.86. The van der Waals surface area contributed by atoms with Crippen molar-refractivity contribution in [3.63, 3.8) is 0 Å². The van der Waals surface area contributed by atoms with Gasteiger partial charge in [-0.2, -0.15) is 0 Å². The third-order valence-electron chi connectivity index (χ3n) is 3.52. The average molecular weight is 400 g/mol. The fourth-order valence-corrected chi connectivity index (χ4v) is 3.01. The maximum Gasteiger partial charge on any atom is 0.310 e. The van der Waals surface area contributed by atoms with Crippen LogP contribution < -0.4 is 10.1 Å². The highest BCUT2D eigenvalue weighted by Gasteiger charge is 2.16. The number of non-ortho nitro benzene ring substituents is 1. The van der Waals surface area contributed by atoms with Crippen LogP contribution in [0.4, 0.5) is 16.5 Å². The van der Waals surface area contributed by atoms with Crippen molar-refractivity contribution in [1.82, 2.24) is 4.98 Å². The number of thiazole rings is 1. The molecule has 3 aromatic rings. The Balaban J connectivity index is 1.64. The molecular formula is C17H12N4O6S. The Labute approximate surface area is 161 Å². The van der Waals surface area contributed by atoms with E-state index in [1.807, 2.05) is 0 Å². The van der Waals surface area contributed by atoms with Crippen molar-refractivity contribution in [1.29, 1.82) is 0 Å². The van der Waals surface area contributed by atoms with Crippen LogP contribution in [0.2, 0.25) is 0 Å². The lowest BCUT2D eigenvalue weighted by atomic mass is 10.1. The van der Waals surface area contributed by atoms with Gasteiger partial charge >= 0.3 is 5.69 Å². The number of anilines is 1. The van der Waals surface area contributed by atoms with Gasteiger partial charge in [0.2, 0.25) is 0 Å². The van der Waals surface area contributed by atoms with Crippen LogP contribution in [-0.2, 0) is 4.79 Å². The summed E-state index contributed by atoms with van der Waals surface area (Å²) in [6.07, 6.45) is 0. The fraction of sp³-hybridized carbons (Fsp3) is 0.0588. The lowest BCUT2D eigenvalue weighted by Crippen LogP contribution is -2.20. The third-order valence-corrected chi connectivity index (χ3v) is 4.28. The number of hydrogen-bond donors (Lipinski definition) is 1. The fourth-order valence-electron chi connectivity index (χ4n) is 2.27. The number of para-hydroxylation sites is 2. The van der Waals surface area contributed by atoms with Gasteiger partial charge < -0.3 is 4.74 Å². The molecule has 142 valence electrons. The largest absolute Gasteiger partial charge is 0.477 e. The third kappa shape index (κ3) is 4.45. The zero-order chi connectivity index (χ0) is 20.1. The maximum absolute atomic E-state index is 12.0. The van der Waals surface area contributed by atoms with Gasteiger partial charge in [-0.15, -0.1) is 11.3 Å². The molecule has 0 spiro atoms. The average Bonchev–Trinajstić information content (AvgIpc) is 3.15. The summed E-state index contributed by atoms with van der Waals surface area (Å²) in [7, 11) is 0. The Morgan fingerprint density at radius 3 is 2.64 bits per heavy atom. The summed E-state index contributed by atoms with van der Waals surface area (Å²) in [4.78, 5) is 37.0. The Morgan fingerprint density at radius 2 is 1.89 bits per heavy atom. The molecule has 0 atom stereocenters. The quantitative estimate of drug-likeness (QED) is 0.472. The lowest BCUT2D eigenvalue weighted by molar-refractivity contribution is -0.385. The number of ether oxygens (including phenoxy) is 1. The summed E-state index contributed by atoms with van der Waals surface area (Å²) >= 11 is 1.14. The summed E-state index contributed by atoms with van der Waals surface area (Å²) in [5.41, 5.74) is 0.720. The smallest absolute Gasteiger partial charge is 0.310 e. The molecule has 3 rings (SSSR count). The minimum Gasteiger partial charge on any atom is -0.477 e. The molecule has 11 heteroatoms. The first-order valence-corrected chi connectivity index (χ1v) is 8.68. The molecule has 0 saturated heterocycles. The molecule has 1 heterocycles. The van der Waals surface area contributed by atoms with Gasteiger partial charge in [-0.1, -0.05) is 24.3 Å². The van der Waals surface area contributed by atoms with Crippen molar-refractivity contribution < 1.29 is 19.4 Å². The summed E-state index contributed by atoms with van der Waals surface area (Å²) < 4.78 is 5.21. The van der Waals surface area contributed by atoms with Gasteiger partial charge in [0, 0.05) is 29.1 Å². The zero-order valence-corrected chi connectivity index (χ0v) is 14.9. The predicted molar refractivity (Wildman–Crippen MR) is 101 cm³/mol. The molecule has 0 fully saturated rings. The molecule has 10 nitrogen and oxygen atoms in total. The van der Waals surface area contributed by atoms with Crippen LogP contribution in [-0.4, -0.2) is 27.3 Å². The molecule has 0 aliphatic rings. The van der Waals surface area contributed by atoms with E-state index in [2.05, 4.69) is 10.3 Å². The first-order chi connectivity index (χ1) is 13.4. The van der Waals surface area contributed by atoms with Gasteiger partial charge in [-0.05, 0) is 6.07 Å². The zero-order valence-electron chi connectivity index (χ0n) is 14.1. The number of nitro groups is 2. The van der Waals surface area contributed by atoms with Gasteiger partial charge in [0.25, 0.3) is 11.6 Å². The summed E-state index contributed by atoms with van der Waals surface area (Å²) in [6, 6.07) is 11.7. The van der Waals surface area contributed by atoms with Gasteiger partial charge in [-0.25, -0.2) is 4.98 Å². The highest BCUT2D eigenvalue weighted by atomic mass is 32.1. The van der Waals surface area contributed by atoms with Crippen LogP contribution in [0.5, 0.6) is 5.75 Å². The number of nitrogens with zero attached hydrogens (tertiary/aromatic N) is 3. The summed E-state index contributed by atoms with van der Waals surface area (Å²) in [6.45, 7) is -0.434. The Morgan fingerprint density at radius 1 is 1.11 bits per heavy atom. The van der Waals surface area contributed by atoms with E-state index >= 15 is 0 Å². The van der Waals surface area contributed by atoms with E-state index in [1.54, 1.807) is 23.6 Å². The first-order valence-electron chi connectivity index (χ1n) is 7.80. The summed E-state index contributed by atoms with van der Waals surface area (Å²) in [5, 5.41) is 26.3. The van der Waals surface area contributed by atoms with Crippen LogP contribution in [0.3, 0.4) is 0 Å². The van der Waals surface area contributed by atoms with E-state index in [4.69, 9.17) is 4.74 Å². The minimum atomic E-state index is -0.598. The maximum atomic E-state index is 12.0. The SMILES string of the molecule is O=C(COc1ccccc1[N+](=O)[O-])Nc1nc(-c2cccc([N+](=O)[O-])c2)cs1. The molecule has 0 aliphatic heterocycles. The molecule has 28 heavy (non-hydrogen) atoms. The molecule has 0 aliphatic carbocycles. The Bertz CT molecular complexity index is 1050. The van der Waals surface area contributed by atoms with Gasteiger partial charge in [0.15, 0.2) is 17.5 Å². The van der Waals surface area contributed by atoms with Crippen molar-refractivity contribution in [2.24, 2.45) is 0 Å². The monoisotopic (exact) mass is 400 g/mol. The molecule has 0 bridgehead atoms. The van der Waals surface area contributed by atoms with Gasteiger partial charge in [-0.3, -0.25) is 30.3 Å². The van der Waals surface area contributed by atoms with E-state index < -0.39 is 22.4 Å². The van der Waals surface area contributed by atoms with Gasteiger partial charge in [0.05, 0.1) is 15.5 Å². The number of benzene rings is 2. The molecule has 0 radical (unpaired) electrons. The van der Waals surface area contributed by atoms with E-state index in [0.717, 1.165) is 11.3 Å². The van der Waals surface area contributed by atoms with Crippen LogP contribution >= 0.6 is 11.3 Å². The van der Waals surface area contributed by atoms with Crippen molar-refractivity contribution >= 4 is 33.8 Å². The molecule has 0 unspecified atom stereocenters. The van der Waals surface area contributed by atoms with Crippen LogP contribution in [0.15, 0.2) is 53.9 Å². The lowest BCUT2D eigenvalue weighted by Gasteiger charge is -2.06. The number of carbonyl (C=O) groups is 1. The van der Waals surface area contributed by atoms with Crippen LogP contribution in [0.25, 0.3) is 11.3 Å². The van der Waals surface area contributed by atoms with E-state index in [1.165, 1.54) is 30.3 Å². The number of hydrogen-bond acceptors (Lipinski definition) is 8. The van der Waals surface area contributed by atoms with Crippen molar-refractivity contribution in [3.05, 3.63) is 74.1 Å². The number of amides is 1. The van der Waals surface area contributed by atoms with Crippen molar-refractivity contribution in [3.8, 4) is 17.0 Å². The van der Waals surface area contributed by atoms with E-state index in [9.17, 15) is 25.0 Å². The molecule has 2 aromatic carbocycles. The molecule has 1 N–H and O–H groups in total. The van der Waals surface area contributed by atoms with Crippen LogP contribution in [0.1, 0.15) is 0 Å². The number of rotatable bonds is 7. The number of aromatic nitrogens is 1. The number of nitrogens with one attached hydrogen (secondary N) is 1. The molecule has 1 aromatic heterocycles. The second kappa shape index (κ2) is 8.22. The van der Waals surface area contributed by atoms with Gasteiger partial charge in [0.1, 0.15) is 0 Å². The van der Waals surface area contributed by atoms with Crippen molar-refractivity contribution in [2.75, 3.05) is 11.9 Å². The topological polar surface area (TPSA) is 138 Å². The van der Waals surface area contributed by atoms with E-state index in [-0.39, 0.29) is 22.3 Å². The summed E-state index contributed by atoms with van der Waals surface area (Å²) in [5.74, 6) is -0.558. The Kier molecular flexibility index (Phi) is 5.56. The number of nitro benzene ring substituents is 2. The minimum absolute atomic E-state index is 0.0147. The normalized spacial score (nSPS) is 10.3. The predicted octanol–water partition coefficient (Wildman–Crippen LogP) is 3.64. The standard InChI is InChI=1S/C17H12N4O6S/c22-16(9-27-15-7-2-1-6-14(15)21(25)26)19-17-18-13(10-28-17)11-4-3-5-12(8-11)20(23)24/h1-8,10H,9H2,(H,18,19,22). The van der Waals surface area contributed by atoms with Crippen molar-refractivity contribution in [2.45, 2.75) is 0 Å². The molecule has 0 saturated carbocycles. The molecule has 1 amide bonds. The molecular weight excluding hydrogens is 388 g/mol. The first kappa shape index (κ1) is 18.9. The second-order valence-corrected chi connectivity index (χ2v) is 6.27. The number of carbonyl (C=O) groups excluding carboxylic acids is 1. The highest BCUT2D eigenvalue weighted by molar-refractivity contribution is 7.14. The second-order valence-electron chi connectivity index (χ2n) is 5.41. The van der Waals surface area contributed by atoms with E-state index in [0.29, 0.717) is 11.3 Å².